The number of amides is 1. The molecule has 1 fully saturated rings. The zero-order chi connectivity index (χ0) is 24.6. The van der Waals surface area contributed by atoms with Gasteiger partial charge in [-0.05, 0) is 66.4 Å². The van der Waals surface area contributed by atoms with Crippen molar-refractivity contribution in [3.63, 3.8) is 0 Å². The number of carbonyl (C=O) groups is 1. The van der Waals surface area contributed by atoms with Gasteiger partial charge >= 0.3 is 6.18 Å². The highest BCUT2D eigenvalue weighted by Crippen LogP contribution is 2.39. The fourth-order valence-electron chi connectivity index (χ4n) is 4.32. The lowest BCUT2D eigenvalue weighted by molar-refractivity contribution is -0.137. The Balaban J connectivity index is 1.37. The number of likely N-dealkylation sites (tertiary alicyclic amines) is 1. The molecule has 0 spiro atoms. The van der Waals surface area contributed by atoms with Crippen LogP contribution >= 0.6 is 11.6 Å². The van der Waals surface area contributed by atoms with Gasteiger partial charge in [0.25, 0.3) is 5.91 Å². The third-order valence-electron chi connectivity index (χ3n) is 5.98. The minimum atomic E-state index is -4.47. The molecular formula is C26H20ClF3N2O3. The molecule has 0 saturated carbocycles. The third-order valence-corrected chi connectivity index (χ3v) is 6.23. The Morgan fingerprint density at radius 3 is 2.66 bits per heavy atom. The van der Waals surface area contributed by atoms with Crippen molar-refractivity contribution in [1.29, 1.82) is 0 Å². The van der Waals surface area contributed by atoms with Gasteiger partial charge in [-0.1, -0.05) is 35.9 Å². The minimum Gasteiger partial charge on any atom is -0.484 e. The molecule has 1 aromatic heterocycles. The summed E-state index contributed by atoms with van der Waals surface area (Å²) in [5.41, 5.74) is 0.636. The van der Waals surface area contributed by atoms with Crippen molar-refractivity contribution in [1.82, 2.24) is 9.88 Å². The van der Waals surface area contributed by atoms with E-state index < -0.39 is 11.7 Å². The van der Waals surface area contributed by atoms with E-state index >= 15 is 0 Å². The number of oxazole rings is 1. The summed E-state index contributed by atoms with van der Waals surface area (Å²) in [6, 6.07) is 16.6. The average molecular weight is 501 g/mol. The zero-order valence-electron chi connectivity index (χ0n) is 18.4. The van der Waals surface area contributed by atoms with Crippen LogP contribution in [0.2, 0.25) is 5.02 Å². The molecule has 1 aliphatic rings. The Labute approximate surface area is 204 Å². The number of rotatable bonds is 5. The third kappa shape index (κ3) is 4.84. The molecule has 3 aromatic carbocycles. The first-order chi connectivity index (χ1) is 16.8. The lowest BCUT2D eigenvalue weighted by Crippen LogP contribution is -2.34. The van der Waals surface area contributed by atoms with Crippen LogP contribution in [0.4, 0.5) is 13.2 Å². The summed E-state index contributed by atoms with van der Waals surface area (Å²) in [5.74, 6) is 0.690. The predicted molar refractivity (Wildman–Crippen MR) is 125 cm³/mol. The largest absolute Gasteiger partial charge is 0.484 e. The van der Waals surface area contributed by atoms with Crippen molar-refractivity contribution in [2.75, 3.05) is 13.2 Å². The molecule has 2 heterocycles. The highest BCUT2D eigenvalue weighted by molar-refractivity contribution is 6.30. The van der Waals surface area contributed by atoms with Crippen LogP contribution in [0.1, 0.15) is 30.3 Å². The second-order valence-corrected chi connectivity index (χ2v) is 8.70. The maximum atomic E-state index is 13.5. The van der Waals surface area contributed by atoms with Crippen LogP contribution in [-0.4, -0.2) is 28.9 Å². The van der Waals surface area contributed by atoms with Gasteiger partial charge in [0.05, 0.1) is 5.56 Å². The van der Waals surface area contributed by atoms with E-state index in [1.807, 2.05) is 0 Å². The molecule has 180 valence electrons. The first-order valence-electron chi connectivity index (χ1n) is 11.0. The van der Waals surface area contributed by atoms with E-state index in [0.29, 0.717) is 46.3 Å². The second kappa shape index (κ2) is 9.26. The molecule has 0 bridgehead atoms. The number of ether oxygens (including phenoxy) is 1. The second-order valence-electron chi connectivity index (χ2n) is 8.27. The van der Waals surface area contributed by atoms with Crippen molar-refractivity contribution in [3.8, 4) is 16.9 Å². The van der Waals surface area contributed by atoms with E-state index in [1.54, 1.807) is 53.4 Å². The summed E-state index contributed by atoms with van der Waals surface area (Å²) >= 11 is 5.87. The average Bonchev–Trinajstić information content (AvgIpc) is 3.49. The molecule has 1 saturated heterocycles. The molecule has 0 unspecified atom stereocenters. The van der Waals surface area contributed by atoms with E-state index in [2.05, 4.69) is 4.98 Å². The minimum absolute atomic E-state index is 0.0727. The van der Waals surface area contributed by atoms with Gasteiger partial charge in [0.1, 0.15) is 17.3 Å². The maximum Gasteiger partial charge on any atom is 0.417 e. The lowest BCUT2D eigenvalue weighted by atomic mass is 9.99. The van der Waals surface area contributed by atoms with Gasteiger partial charge in [-0.2, -0.15) is 13.2 Å². The fourth-order valence-corrected chi connectivity index (χ4v) is 4.44. The first-order valence-corrected chi connectivity index (χ1v) is 11.4. The Morgan fingerprint density at radius 1 is 1.11 bits per heavy atom. The number of carbonyl (C=O) groups excluding carboxylic acids is 1. The standard InChI is InChI=1S/C26H20ClF3N2O3/c27-17-8-10-18(11-9-17)34-15-24(33)32-13-3-6-22(32)25-31-21-14-16(7-12-23(21)35-25)19-4-1-2-5-20(19)26(28,29)30/h1-2,4-5,7-12,14,22H,3,6,13,15H2/t22-/m1/s1. The number of aromatic nitrogens is 1. The van der Waals surface area contributed by atoms with Crippen LogP contribution < -0.4 is 4.74 Å². The Kier molecular flexibility index (Phi) is 6.15. The normalized spacial score (nSPS) is 16.1. The van der Waals surface area contributed by atoms with Crippen LogP contribution in [0.5, 0.6) is 5.75 Å². The fraction of sp³-hybridized carbons (Fsp3) is 0.231. The lowest BCUT2D eigenvalue weighted by Gasteiger charge is -2.22. The van der Waals surface area contributed by atoms with Crippen molar-refractivity contribution >= 4 is 28.6 Å². The summed E-state index contributed by atoms with van der Waals surface area (Å²) in [7, 11) is 0. The Bertz CT molecular complexity index is 1370. The number of nitrogens with zero attached hydrogens (tertiary/aromatic N) is 2. The maximum absolute atomic E-state index is 13.5. The SMILES string of the molecule is O=C(COc1ccc(Cl)cc1)N1CCC[C@@H]1c1nc2cc(-c3ccccc3C(F)(F)F)ccc2o1. The summed E-state index contributed by atoms with van der Waals surface area (Å²) in [6.45, 7) is 0.396. The predicted octanol–water partition coefficient (Wildman–Crippen LogP) is 6.91. The number of fused-ring (bicyclic) bond motifs is 1. The van der Waals surface area contributed by atoms with E-state index in [0.717, 1.165) is 12.5 Å². The number of alkyl halides is 3. The van der Waals surface area contributed by atoms with Gasteiger partial charge in [-0.15, -0.1) is 0 Å². The van der Waals surface area contributed by atoms with Crippen molar-refractivity contribution in [2.45, 2.75) is 25.1 Å². The number of benzene rings is 3. The Morgan fingerprint density at radius 2 is 1.89 bits per heavy atom. The van der Waals surface area contributed by atoms with E-state index in [4.69, 9.17) is 20.8 Å². The van der Waals surface area contributed by atoms with Gasteiger partial charge < -0.3 is 14.1 Å². The zero-order valence-corrected chi connectivity index (χ0v) is 19.1. The molecule has 9 heteroatoms. The van der Waals surface area contributed by atoms with Gasteiger partial charge in [0.15, 0.2) is 12.2 Å². The van der Waals surface area contributed by atoms with Gasteiger partial charge in [-0.25, -0.2) is 4.98 Å². The van der Waals surface area contributed by atoms with Gasteiger partial charge in [-0.3, -0.25) is 4.79 Å². The summed E-state index contributed by atoms with van der Waals surface area (Å²) in [5, 5.41) is 0.573. The number of halogens is 4. The van der Waals surface area contributed by atoms with Gasteiger partial charge in [0, 0.05) is 11.6 Å². The van der Waals surface area contributed by atoms with Crippen LogP contribution in [0.25, 0.3) is 22.2 Å². The monoisotopic (exact) mass is 500 g/mol. The molecule has 5 rings (SSSR count). The van der Waals surface area contributed by atoms with Crippen LogP contribution in [0.3, 0.4) is 0 Å². The molecule has 5 nitrogen and oxygen atoms in total. The Hall–Kier alpha value is -3.52. The van der Waals surface area contributed by atoms with Crippen LogP contribution in [0, 0.1) is 0 Å². The molecule has 0 aliphatic carbocycles. The molecule has 0 radical (unpaired) electrons. The summed E-state index contributed by atoms with van der Waals surface area (Å²) in [4.78, 5) is 19.1. The summed E-state index contributed by atoms with van der Waals surface area (Å²) < 4.78 is 51.9. The smallest absolute Gasteiger partial charge is 0.417 e. The first kappa shape index (κ1) is 23.2. The van der Waals surface area contributed by atoms with E-state index in [9.17, 15) is 18.0 Å². The van der Waals surface area contributed by atoms with Crippen molar-refractivity contribution in [3.05, 3.63) is 83.2 Å². The molecule has 35 heavy (non-hydrogen) atoms. The molecule has 1 aliphatic heterocycles. The van der Waals surface area contributed by atoms with E-state index in [1.165, 1.54) is 12.1 Å². The summed E-state index contributed by atoms with van der Waals surface area (Å²) in [6.07, 6.45) is -3.02. The molecule has 1 amide bonds. The highest BCUT2D eigenvalue weighted by Gasteiger charge is 2.35. The topological polar surface area (TPSA) is 55.6 Å². The molecule has 4 aromatic rings. The molecule has 0 N–H and O–H groups in total. The quantitative estimate of drug-likeness (QED) is 0.299. The molecule has 1 atom stereocenters. The van der Waals surface area contributed by atoms with Crippen LogP contribution in [0.15, 0.2) is 71.1 Å². The van der Waals surface area contributed by atoms with Crippen molar-refractivity contribution < 1.29 is 27.1 Å². The highest BCUT2D eigenvalue weighted by atomic mass is 35.5. The van der Waals surface area contributed by atoms with E-state index in [-0.39, 0.29) is 24.1 Å². The van der Waals surface area contributed by atoms with Crippen molar-refractivity contribution in [2.24, 2.45) is 0 Å². The van der Waals surface area contributed by atoms with Crippen LogP contribution in [-0.2, 0) is 11.0 Å². The number of hydrogen-bond donors (Lipinski definition) is 0. The van der Waals surface area contributed by atoms with Gasteiger partial charge in [0.2, 0.25) is 5.89 Å². The molecular weight excluding hydrogens is 481 g/mol. The number of hydrogen-bond acceptors (Lipinski definition) is 4.